The lowest BCUT2D eigenvalue weighted by atomic mass is 9.35. The van der Waals surface area contributed by atoms with E-state index >= 15 is 0 Å². The predicted molar refractivity (Wildman–Crippen MR) is 150 cm³/mol. The summed E-state index contributed by atoms with van der Waals surface area (Å²) in [6.07, 6.45) is 18.4. The molecule has 0 spiro atoms. The zero-order valence-electron chi connectivity index (χ0n) is 24.9. The minimum atomic E-state index is -0.396. The smallest absolute Gasteiger partial charge is 0.312 e. The van der Waals surface area contributed by atoms with Crippen molar-refractivity contribution >= 4 is 12.3 Å². The van der Waals surface area contributed by atoms with Gasteiger partial charge in [0.1, 0.15) is 6.29 Å². The van der Waals surface area contributed by atoms with Crippen LogP contribution < -0.4 is 0 Å². The molecule has 0 radical (unpaired) electrons. The lowest BCUT2D eigenvalue weighted by molar-refractivity contribution is -0.177. The lowest BCUT2D eigenvalue weighted by Gasteiger charge is -2.69. The van der Waals surface area contributed by atoms with Crippen LogP contribution in [0, 0.1) is 69.2 Å². The number of methoxy groups -OCH3 is 1. The summed E-state index contributed by atoms with van der Waals surface area (Å²) in [7, 11) is 1.56. The highest BCUT2D eigenvalue weighted by Gasteiger charge is 2.70. The average Bonchev–Trinajstić information content (AvgIpc) is 3.17. The summed E-state index contributed by atoms with van der Waals surface area (Å²) in [5, 5.41) is 17.5. The molecule has 2 N–H and O–H groups in total. The average molecular weight is 541 g/mol. The molecule has 5 aliphatic rings. The van der Waals surface area contributed by atoms with Crippen LogP contribution in [0.5, 0.6) is 0 Å². The van der Waals surface area contributed by atoms with Crippen LogP contribution in [-0.2, 0) is 19.2 Å². The van der Waals surface area contributed by atoms with Crippen LogP contribution in [0.4, 0.5) is 0 Å². The largest absolute Gasteiger partial charge is 0.469 e. The van der Waals surface area contributed by atoms with Gasteiger partial charge in [-0.3, -0.25) is 14.5 Å². The molecule has 6 heteroatoms. The minimum Gasteiger partial charge on any atom is -0.469 e. The summed E-state index contributed by atoms with van der Waals surface area (Å²) in [6.45, 7) is 14.2. The highest BCUT2D eigenvalue weighted by atomic mass is 17.1. The number of ether oxygens (including phenoxy) is 1. The summed E-state index contributed by atoms with van der Waals surface area (Å²) in [5.74, 6) is 1.87. The second-order valence-electron chi connectivity index (χ2n) is 14.2. The first-order valence-corrected chi connectivity index (χ1v) is 14.7. The molecular weight excluding hydrogens is 492 g/mol. The van der Waals surface area contributed by atoms with E-state index in [-0.39, 0.29) is 46.1 Å². The van der Waals surface area contributed by atoms with Crippen molar-refractivity contribution in [2.45, 2.75) is 86.5 Å². The Morgan fingerprint density at radius 3 is 2.36 bits per heavy atom. The highest BCUT2D eigenvalue weighted by molar-refractivity contribution is 5.79. The summed E-state index contributed by atoms with van der Waals surface area (Å²) in [5.41, 5.74) is 1.46. The normalized spacial score (nSPS) is 47.7. The monoisotopic (exact) mass is 540 g/mol. The van der Waals surface area contributed by atoms with Gasteiger partial charge in [0.2, 0.25) is 0 Å². The molecule has 0 bridgehead atoms. The van der Waals surface area contributed by atoms with Gasteiger partial charge in [-0.25, -0.2) is 0 Å². The first-order valence-electron chi connectivity index (χ1n) is 14.7. The van der Waals surface area contributed by atoms with Gasteiger partial charge in [-0.1, -0.05) is 65.7 Å². The first kappa shape index (κ1) is 29.9. The van der Waals surface area contributed by atoms with E-state index in [9.17, 15) is 14.7 Å². The molecular formula is C33H48O6. The van der Waals surface area contributed by atoms with Crippen LogP contribution in [0.2, 0.25) is 0 Å². The second kappa shape index (κ2) is 10.1. The van der Waals surface area contributed by atoms with Crippen LogP contribution in [0.25, 0.3) is 0 Å². The molecule has 0 amide bonds. The van der Waals surface area contributed by atoms with E-state index in [4.69, 9.17) is 9.99 Å². The summed E-state index contributed by atoms with van der Waals surface area (Å²) in [4.78, 5) is 28.9. The van der Waals surface area contributed by atoms with Gasteiger partial charge in [0.15, 0.2) is 6.11 Å². The van der Waals surface area contributed by atoms with Crippen molar-refractivity contribution in [1.29, 1.82) is 0 Å². The standard InChI is InChI=1S/C31H46O4.C2H2O2/c1-19-10-13-31(26(34)35-7)15-14-28(4)22(25(31)20(19)2)8-9-24-29(28,5)12-11-23-27(3,18-33)16-21(17-32)30(23,24)6;1-2-4-3/h8,16-17,19-20,23-25,33H,9-15,18H2,1-7H3;1,3H/t19-,20+,23?,24?,25?,27?,28-,29-,30+,31?;/m1./s1. The molecule has 0 saturated heterocycles. The van der Waals surface area contributed by atoms with Crippen molar-refractivity contribution in [3.8, 4) is 12.5 Å². The van der Waals surface area contributed by atoms with Crippen LogP contribution in [0.1, 0.15) is 86.5 Å². The Labute approximate surface area is 234 Å². The lowest BCUT2D eigenvalue weighted by Crippen LogP contribution is -2.63. The van der Waals surface area contributed by atoms with E-state index in [0.717, 1.165) is 56.8 Å². The zero-order chi connectivity index (χ0) is 29.0. The molecule has 0 aromatic carbocycles. The number of carbonyl (C=O) groups excluding carboxylic acids is 2. The van der Waals surface area contributed by atoms with Gasteiger partial charge in [-0.05, 0) is 90.9 Å². The Hall–Kier alpha value is -2.10. The van der Waals surface area contributed by atoms with Crippen molar-refractivity contribution in [3.63, 3.8) is 0 Å². The predicted octanol–water partition coefficient (Wildman–Crippen LogP) is 6.20. The number of allylic oxidation sites excluding steroid dienone is 3. The Kier molecular flexibility index (Phi) is 7.71. The topological polar surface area (TPSA) is 93.1 Å². The summed E-state index contributed by atoms with van der Waals surface area (Å²) in [6, 6.07) is 0. The van der Waals surface area contributed by atoms with Gasteiger partial charge in [0, 0.05) is 10.8 Å². The molecule has 0 aromatic heterocycles. The number of aliphatic hydroxyl groups is 1. The molecule has 5 aliphatic carbocycles. The van der Waals surface area contributed by atoms with Gasteiger partial charge in [-0.2, -0.15) is 5.26 Å². The summed E-state index contributed by atoms with van der Waals surface area (Å²) >= 11 is 0. The maximum Gasteiger partial charge on any atom is 0.312 e. The third-order valence-electron chi connectivity index (χ3n) is 13.1. The van der Waals surface area contributed by atoms with E-state index in [1.165, 1.54) is 11.7 Å². The molecule has 39 heavy (non-hydrogen) atoms. The van der Waals surface area contributed by atoms with E-state index in [1.807, 2.05) is 0 Å². The maximum absolute atomic E-state index is 13.4. The first-order chi connectivity index (χ1) is 18.3. The Bertz CT molecular complexity index is 1100. The summed E-state index contributed by atoms with van der Waals surface area (Å²) < 4.78 is 5.48. The third-order valence-corrected chi connectivity index (χ3v) is 13.1. The van der Waals surface area contributed by atoms with Crippen LogP contribution in [0.3, 0.4) is 0 Å². The molecule has 0 heterocycles. The number of carbonyl (C=O) groups is 2. The van der Waals surface area contributed by atoms with Crippen LogP contribution >= 0.6 is 0 Å². The third kappa shape index (κ3) is 3.82. The molecule has 3 fully saturated rings. The van der Waals surface area contributed by atoms with Gasteiger partial charge < -0.3 is 9.84 Å². The molecule has 3 saturated carbocycles. The molecule has 0 aromatic rings. The fourth-order valence-corrected chi connectivity index (χ4v) is 10.6. The molecule has 0 aliphatic heterocycles. The Balaban J connectivity index is 0.000000826. The zero-order valence-corrected chi connectivity index (χ0v) is 24.9. The Morgan fingerprint density at radius 1 is 1.13 bits per heavy atom. The van der Waals surface area contributed by atoms with E-state index in [2.05, 4.69) is 65.0 Å². The Morgan fingerprint density at radius 2 is 1.79 bits per heavy atom. The fourth-order valence-electron chi connectivity index (χ4n) is 10.6. The van der Waals surface area contributed by atoms with Gasteiger partial charge >= 0.3 is 5.97 Å². The van der Waals surface area contributed by atoms with E-state index in [1.54, 1.807) is 7.11 Å². The van der Waals surface area contributed by atoms with Crippen molar-refractivity contribution in [2.75, 3.05) is 13.7 Å². The SMILES string of the molecule is C#COO.COC(=O)C12CC[C@@H](C)[C@H](C)C1C1=CCC3[C@@]4(C)C(C=O)=CC(C)(CO)C4CC[C@@]3(C)[C@]1(C)CC2. The maximum atomic E-state index is 13.4. The van der Waals surface area contributed by atoms with Crippen LogP contribution in [-0.4, -0.2) is 36.3 Å². The van der Waals surface area contributed by atoms with Crippen molar-refractivity contribution < 1.29 is 29.6 Å². The number of hydrogen-bond acceptors (Lipinski definition) is 6. The number of hydrogen-bond donors (Lipinski definition) is 2. The van der Waals surface area contributed by atoms with Crippen LogP contribution in [0.15, 0.2) is 23.3 Å². The van der Waals surface area contributed by atoms with E-state index < -0.39 is 5.41 Å². The number of rotatable bonds is 3. The molecule has 216 valence electrons. The van der Waals surface area contributed by atoms with Gasteiger partial charge in [0.25, 0.3) is 0 Å². The number of esters is 1. The molecule has 6 nitrogen and oxygen atoms in total. The molecule has 10 atom stereocenters. The second-order valence-corrected chi connectivity index (χ2v) is 14.2. The number of aliphatic hydroxyl groups excluding tert-OH is 1. The van der Waals surface area contributed by atoms with Crippen molar-refractivity contribution in [2.24, 2.45) is 56.7 Å². The van der Waals surface area contributed by atoms with E-state index in [0.29, 0.717) is 17.8 Å². The molecule has 5 rings (SSSR count). The quantitative estimate of drug-likeness (QED) is 0.111. The molecule has 5 unspecified atom stereocenters. The van der Waals surface area contributed by atoms with Gasteiger partial charge in [-0.15, -0.1) is 0 Å². The minimum absolute atomic E-state index is 0.00664. The number of aldehydes is 1. The van der Waals surface area contributed by atoms with Crippen molar-refractivity contribution in [1.82, 2.24) is 0 Å². The number of fused-ring (bicyclic) bond motifs is 7. The fraction of sp³-hybridized carbons (Fsp3) is 0.758. The van der Waals surface area contributed by atoms with Gasteiger partial charge in [0.05, 0.1) is 19.1 Å². The number of terminal acetylenes is 1. The highest BCUT2D eigenvalue weighted by Crippen LogP contribution is 2.76. The van der Waals surface area contributed by atoms with Crippen molar-refractivity contribution in [3.05, 3.63) is 23.3 Å².